The Labute approximate surface area is 109 Å². The van der Waals surface area contributed by atoms with Gasteiger partial charge < -0.3 is 10.5 Å². The number of hydrogen-bond acceptors (Lipinski definition) is 3. The minimum atomic E-state index is -4.39. The van der Waals surface area contributed by atoms with Crippen LogP contribution in [0.15, 0.2) is 24.3 Å². The molecule has 2 N–H and O–H groups in total. The molecule has 19 heavy (non-hydrogen) atoms. The molecule has 0 fully saturated rings. The summed E-state index contributed by atoms with van der Waals surface area (Å²) in [6.45, 7) is 1.96. The first kappa shape index (κ1) is 15.5. The molecule has 106 valence electrons. The molecule has 1 aromatic rings. The molecule has 0 aliphatic carbocycles. The van der Waals surface area contributed by atoms with Crippen molar-refractivity contribution in [3.8, 4) is 0 Å². The number of rotatable bonds is 5. The second-order valence-electron chi connectivity index (χ2n) is 4.07. The van der Waals surface area contributed by atoms with Gasteiger partial charge in [-0.3, -0.25) is 4.79 Å². The molecule has 0 amide bonds. The van der Waals surface area contributed by atoms with Gasteiger partial charge in [-0.1, -0.05) is 12.1 Å². The Morgan fingerprint density at radius 2 is 2.11 bits per heavy atom. The second kappa shape index (κ2) is 6.56. The maximum Gasteiger partial charge on any atom is 0.416 e. The molecule has 0 spiro atoms. The van der Waals surface area contributed by atoms with E-state index < -0.39 is 23.8 Å². The van der Waals surface area contributed by atoms with E-state index in [9.17, 15) is 18.0 Å². The molecule has 1 rings (SSSR count). The zero-order valence-electron chi connectivity index (χ0n) is 10.5. The summed E-state index contributed by atoms with van der Waals surface area (Å²) in [5, 5.41) is 0. The molecule has 1 unspecified atom stereocenters. The predicted molar refractivity (Wildman–Crippen MR) is 64.2 cm³/mol. The number of halogens is 3. The summed E-state index contributed by atoms with van der Waals surface area (Å²) < 4.78 is 42.3. The summed E-state index contributed by atoms with van der Waals surface area (Å²) in [4.78, 5) is 11.1. The largest absolute Gasteiger partial charge is 0.466 e. The van der Waals surface area contributed by atoms with Gasteiger partial charge in [-0.25, -0.2) is 0 Å². The van der Waals surface area contributed by atoms with Crippen molar-refractivity contribution in [2.24, 2.45) is 5.73 Å². The summed E-state index contributed by atoms with van der Waals surface area (Å²) in [5.41, 5.74) is 5.40. The van der Waals surface area contributed by atoms with Crippen molar-refractivity contribution in [2.45, 2.75) is 32.0 Å². The van der Waals surface area contributed by atoms with Crippen LogP contribution in [0.3, 0.4) is 0 Å². The van der Waals surface area contributed by atoms with E-state index in [1.165, 1.54) is 12.1 Å². The van der Waals surface area contributed by atoms with Gasteiger partial charge in [0.05, 0.1) is 12.2 Å². The summed E-state index contributed by atoms with van der Waals surface area (Å²) in [7, 11) is 0. The third-order valence-corrected chi connectivity index (χ3v) is 2.61. The normalized spacial score (nSPS) is 13.1. The van der Waals surface area contributed by atoms with Crippen LogP contribution in [0.2, 0.25) is 0 Å². The fourth-order valence-corrected chi connectivity index (χ4v) is 1.62. The molecular formula is C13H16F3NO2. The van der Waals surface area contributed by atoms with E-state index >= 15 is 0 Å². The number of nitrogens with two attached hydrogens (primary N) is 1. The standard InChI is InChI=1S/C13H16F3NO2/c1-2-19-12(18)7-6-11(17)9-4-3-5-10(8-9)13(14,15)16/h3-5,8,11H,2,6-7,17H2,1H3. The van der Waals surface area contributed by atoms with E-state index in [4.69, 9.17) is 10.5 Å². The highest BCUT2D eigenvalue weighted by Crippen LogP contribution is 2.31. The number of ether oxygens (including phenoxy) is 1. The molecule has 0 bridgehead atoms. The number of carbonyl (C=O) groups is 1. The van der Waals surface area contributed by atoms with Gasteiger partial charge in [0.25, 0.3) is 0 Å². The molecule has 0 radical (unpaired) electrons. The number of benzene rings is 1. The van der Waals surface area contributed by atoms with Crippen LogP contribution in [-0.4, -0.2) is 12.6 Å². The average molecular weight is 275 g/mol. The summed E-state index contributed by atoms with van der Waals surface area (Å²) >= 11 is 0. The van der Waals surface area contributed by atoms with Crippen molar-refractivity contribution in [2.75, 3.05) is 6.61 Å². The predicted octanol–water partition coefficient (Wildman–Crippen LogP) is 3.05. The van der Waals surface area contributed by atoms with E-state index in [0.29, 0.717) is 5.56 Å². The van der Waals surface area contributed by atoms with E-state index in [-0.39, 0.29) is 19.4 Å². The molecule has 1 aromatic carbocycles. The first-order chi connectivity index (χ1) is 8.84. The minimum Gasteiger partial charge on any atom is -0.466 e. The Morgan fingerprint density at radius 1 is 1.42 bits per heavy atom. The topological polar surface area (TPSA) is 52.3 Å². The molecule has 0 aromatic heterocycles. The number of alkyl halides is 3. The van der Waals surface area contributed by atoms with Gasteiger partial charge in [0.1, 0.15) is 0 Å². The van der Waals surface area contributed by atoms with Crippen molar-refractivity contribution in [1.82, 2.24) is 0 Å². The van der Waals surface area contributed by atoms with Gasteiger partial charge in [-0.15, -0.1) is 0 Å². The number of esters is 1. The maximum absolute atomic E-state index is 12.5. The fourth-order valence-electron chi connectivity index (χ4n) is 1.62. The Hall–Kier alpha value is -1.56. The van der Waals surface area contributed by atoms with Crippen LogP contribution in [0.25, 0.3) is 0 Å². The lowest BCUT2D eigenvalue weighted by molar-refractivity contribution is -0.143. The third-order valence-electron chi connectivity index (χ3n) is 2.61. The first-order valence-corrected chi connectivity index (χ1v) is 5.93. The van der Waals surface area contributed by atoms with Gasteiger partial charge >= 0.3 is 12.1 Å². The van der Waals surface area contributed by atoms with Crippen LogP contribution in [0.4, 0.5) is 13.2 Å². The van der Waals surface area contributed by atoms with Crippen LogP contribution in [0.1, 0.15) is 36.9 Å². The highest BCUT2D eigenvalue weighted by Gasteiger charge is 2.30. The third kappa shape index (κ3) is 4.90. The lowest BCUT2D eigenvalue weighted by Crippen LogP contribution is -2.15. The lowest BCUT2D eigenvalue weighted by Gasteiger charge is -2.14. The number of carbonyl (C=O) groups excluding carboxylic acids is 1. The van der Waals surface area contributed by atoms with Crippen LogP contribution in [0, 0.1) is 0 Å². The highest BCUT2D eigenvalue weighted by atomic mass is 19.4. The van der Waals surface area contributed by atoms with Gasteiger partial charge in [0.2, 0.25) is 0 Å². The second-order valence-corrected chi connectivity index (χ2v) is 4.07. The molecule has 0 heterocycles. The van der Waals surface area contributed by atoms with Gasteiger partial charge in [0, 0.05) is 12.5 Å². The van der Waals surface area contributed by atoms with Crippen LogP contribution >= 0.6 is 0 Å². The zero-order chi connectivity index (χ0) is 14.5. The Balaban J connectivity index is 2.67. The summed E-state index contributed by atoms with van der Waals surface area (Å²) in [5.74, 6) is -0.398. The summed E-state index contributed by atoms with van der Waals surface area (Å²) in [6.07, 6.45) is -4.05. The van der Waals surface area contributed by atoms with Crippen molar-refractivity contribution >= 4 is 5.97 Å². The van der Waals surface area contributed by atoms with Crippen molar-refractivity contribution in [3.05, 3.63) is 35.4 Å². The van der Waals surface area contributed by atoms with Crippen molar-refractivity contribution < 1.29 is 22.7 Å². The van der Waals surface area contributed by atoms with Crippen LogP contribution in [0.5, 0.6) is 0 Å². The van der Waals surface area contributed by atoms with E-state index in [2.05, 4.69) is 0 Å². The van der Waals surface area contributed by atoms with Gasteiger partial charge in [0.15, 0.2) is 0 Å². The van der Waals surface area contributed by atoms with Crippen LogP contribution in [-0.2, 0) is 15.7 Å². The molecule has 0 saturated heterocycles. The Kier molecular flexibility index (Phi) is 5.35. The minimum absolute atomic E-state index is 0.0885. The van der Waals surface area contributed by atoms with E-state index in [1.54, 1.807) is 6.92 Å². The molecule has 3 nitrogen and oxygen atoms in total. The maximum atomic E-state index is 12.5. The SMILES string of the molecule is CCOC(=O)CCC(N)c1cccc(C(F)(F)F)c1. The molecule has 0 saturated carbocycles. The lowest BCUT2D eigenvalue weighted by atomic mass is 10.0. The smallest absolute Gasteiger partial charge is 0.416 e. The first-order valence-electron chi connectivity index (χ1n) is 5.93. The highest BCUT2D eigenvalue weighted by molar-refractivity contribution is 5.69. The number of hydrogen-bond donors (Lipinski definition) is 1. The fraction of sp³-hybridized carbons (Fsp3) is 0.462. The summed E-state index contributed by atoms with van der Waals surface area (Å²) in [6, 6.07) is 4.21. The quantitative estimate of drug-likeness (QED) is 0.840. The monoisotopic (exact) mass is 275 g/mol. The molecule has 1 atom stereocenters. The van der Waals surface area contributed by atoms with E-state index in [0.717, 1.165) is 12.1 Å². The van der Waals surface area contributed by atoms with Gasteiger partial charge in [-0.05, 0) is 31.0 Å². The molecule has 0 aliphatic rings. The molecule has 6 heteroatoms. The van der Waals surface area contributed by atoms with Crippen molar-refractivity contribution in [3.63, 3.8) is 0 Å². The Bertz CT molecular complexity index is 432. The van der Waals surface area contributed by atoms with Crippen molar-refractivity contribution in [1.29, 1.82) is 0 Å². The molecular weight excluding hydrogens is 259 g/mol. The van der Waals surface area contributed by atoms with E-state index in [1.807, 2.05) is 0 Å². The Morgan fingerprint density at radius 3 is 2.68 bits per heavy atom. The van der Waals surface area contributed by atoms with Crippen LogP contribution < -0.4 is 5.73 Å². The zero-order valence-corrected chi connectivity index (χ0v) is 10.5. The molecule has 0 aliphatic heterocycles. The van der Waals surface area contributed by atoms with Gasteiger partial charge in [-0.2, -0.15) is 13.2 Å². The average Bonchev–Trinajstić information content (AvgIpc) is 2.35.